The van der Waals surface area contributed by atoms with Gasteiger partial charge in [0.2, 0.25) is 11.5 Å². The first-order valence-electron chi connectivity index (χ1n) is 6.00. The van der Waals surface area contributed by atoms with Crippen molar-refractivity contribution >= 4 is 17.7 Å². The summed E-state index contributed by atoms with van der Waals surface area (Å²) in [4.78, 5) is 30.8. The van der Waals surface area contributed by atoms with Crippen molar-refractivity contribution in [2.45, 2.75) is 18.3 Å². The van der Waals surface area contributed by atoms with Crippen molar-refractivity contribution in [2.75, 3.05) is 13.2 Å². The van der Waals surface area contributed by atoms with E-state index in [-0.39, 0.29) is 11.5 Å². The van der Waals surface area contributed by atoms with Crippen molar-refractivity contribution in [1.29, 1.82) is 0 Å². The summed E-state index contributed by atoms with van der Waals surface area (Å²) in [5.74, 6) is -4.31. The monoisotopic (exact) mass is 336 g/mol. The third-order valence-corrected chi connectivity index (χ3v) is 2.42. The minimum Gasteiger partial charge on any atom is -0.475 e. The number of rotatable bonds is 7. The minimum absolute atomic E-state index is 0.373. The zero-order valence-corrected chi connectivity index (χ0v) is 11.6. The Morgan fingerprint density at radius 1 is 0.957 bits per heavy atom. The number of Topliss-reactive ketones (excluding diaryl/α,β-unsaturated/α-hetero) is 1. The molecule has 11 heteroatoms. The molecule has 1 heterocycles. The molecule has 0 saturated carbocycles. The van der Waals surface area contributed by atoms with Crippen LogP contribution in [-0.2, 0) is 4.79 Å². The highest BCUT2D eigenvalue weighted by Crippen LogP contribution is 2.06. The van der Waals surface area contributed by atoms with E-state index in [4.69, 9.17) is 35.7 Å². The zero-order chi connectivity index (χ0) is 18.2. The number of aromatic carboxylic acids is 2. The minimum atomic E-state index is -1.86. The van der Waals surface area contributed by atoms with Crippen molar-refractivity contribution in [3.63, 3.8) is 0 Å². The van der Waals surface area contributed by atoms with Crippen LogP contribution in [0.3, 0.4) is 0 Å². The van der Waals surface area contributed by atoms with Crippen molar-refractivity contribution < 1.29 is 54.5 Å². The number of aliphatic hydroxyl groups excluding tert-OH is 5. The van der Waals surface area contributed by atoms with Crippen LogP contribution < -0.4 is 0 Å². The summed E-state index contributed by atoms with van der Waals surface area (Å²) < 4.78 is 4.41. The van der Waals surface area contributed by atoms with Crippen LogP contribution in [-0.4, -0.2) is 85.0 Å². The normalized spacial score (nSPS) is 14.1. The van der Waals surface area contributed by atoms with Gasteiger partial charge in [-0.05, 0) is 12.1 Å². The molecular weight excluding hydrogens is 320 g/mol. The summed E-state index contributed by atoms with van der Waals surface area (Å²) in [5, 5.41) is 59.6. The lowest BCUT2D eigenvalue weighted by Crippen LogP contribution is -2.44. The Kier molecular flexibility index (Phi) is 8.69. The lowest BCUT2D eigenvalue weighted by atomic mass is 10.1. The second kappa shape index (κ2) is 9.66. The molecule has 7 N–H and O–H groups in total. The highest BCUT2D eigenvalue weighted by Gasteiger charge is 2.28. The molecule has 0 unspecified atom stereocenters. The zero-order valence-electron chi connectivity index (χ0n) is 11.6. The smallest absolute Gasteiger partial charge is 0.371 e. The number of carbonyl (C=O) groups is 3. The van der Waals surface area contributed by atoms with Gasteiger partial charge < -0.3 is 40.2 Å². The molecule has 0 radical (unpaired) electrons. The fraction of sp³-hybridized carbons (Fsp3) is 0.417. The molecule has 1 aromatic rings. The summed E-state index contributed by atoms with van der Waals surface area (Å²) in [5.41, 5.74) is 0. The number of carboxylic acids is 2. The molecule has 0 amide bonds. The van der Waals surface area contributed by atoms with Crippen LogP contribution in [0.15, 0.2) is 16.5 Å². The number of carbonyl (C=O) groups excluding carboxylic acids is 1. The average Bonchev–Trinajstić information content (AvgIpc) is 3.03. The maximum atomic E-state index is 10.5. The predicted molar refractivity (Wildman–Crippen MR) is 69.8 cm³/mol. The highest BCUT2D eigenvalue weighted by atomic mass is 16.4. The fourth-order valence-corrected chi connectivity index (χ4v) is 1.17. The molecule has 1 rings (SSSR count). The molecule has 0 aliphatic rings. The summed E-state index contributed by atoms with van der Waals surface area (Å²) in [6, 6.07) is 2.18. The van der Waals surface area contributed by atoms with Crippen LogP contribution in [0.5, 0.6) is 0 Å². The van der Waals surface area contributed by atoms with Crippen LogP contribution in [0.4, 0.5) is 0 Å². The molecule has 0 aliphatic heterocycles. The van der Waals surface area contributed by atoms with E-state index < -0.39 is 49.2 Å². The molecule has 0 spiro atoms. The molecule has 11 nitrogen and oxygen atoms in total. The summed E-state index contributed by atoms with van der Waals surface area (Å²) in [6.07, 6.45) is -5.22. The van der Waals surface area contributed by atoms with Crippen LogP contribution >= 0.6 is 0 Å². The highest BCUT2D eigenvalue weighted by molar-refractivity contribution is 5.88. The number of aliphatic hydroxyl groups is 5. The average molecular weight is 336 g/mol. The van der Waals surface area contributed by atoms with Crippen LogP contribution in [0.25, 0.3) is 0 Å². The van der Waals surface area contributed by atoms with E-state index in [1.165, 1.54) is 0 Å². The van der Waals surface area contributed by atoms with E-state index in [1.807, 2.05) is 0 Å². The van der Waals surface area contributed by atoms with Gasteiger partial charge >= 0.3 is 11.9 Å². The van der Waals surface area contributed by atoms with Gasteiger partial charge in [-0.25, -0.2) is 9.59 Å². The molecule has 0 bridgehead atoms. The fourth-order valence-electron chi connectivity index (χ4n) is 1.17. The number of hydrogen-bond donors (Lipinski definition) is 7. The number of ketones is 1. The van der Waals surface area contributed by atoms with Gasteiger partial charge in [-0.2, -0.15) is 0 Å². The largest absolute Gasteiger partial charge is 0.475 e. The quantitative estimate of drug-likeness (QED) is 0.272. The molecule has 130 valence electrons. The van der Waals surface area contributed by atoms with E-state index in [0.717, 1.165) is 12.1 Å². The Bertz CT molecular complexity index is 506. The molecule has 3 atom stereocenters. The van der Waals surface area contributed by atoms with Crippen molar-refractivity contribution in [3.8, 4) is 0 Å². The molecule has 23 heavy (non-hydrogen) atoms. The molecule has 1 aromatic heterocycles. The van der Waals surface area contributed by atoms with Gasteiger partial charge in [0.15, 0.2) is 5.78 Å². The first-order chi connectivity index (χ1) is 10.6. The van der Waals surface area contributed by atoms with Gasteiger partial charge in [0, 0.05) is 0 Å². The van der Waals surface area contributed by atoms with E-state index >= 15 is 0 Å². The van der Waals surface area contributed by atoms with Crippen molar-refractivity contribution in [3.05, 3.63) is 23.7 Å². The first-order valence-corrected chi connectivity index (χ1v) is 6.00. The van der Waals surface area contributed by atoms with Crippen molar-refractivity contribution in [1.82, 2.24) is 0 Å². The molecule has 0 saturated heterocycles. The van der Waals surface area contributed by atoms with Gasteiger partial charge in [-0.1, -0.05) is 0 Å². The maximum Gasteiger partial charge on any atom is 0.371 e. The van der Waals surface area contributed by atoms with Crippen LogP contribution in [0, 0.1) is 0 Å². The summed E-state index contributed by atoms with van der Waals surface area (Å²) >= 11 is 0. The Morgan fingerprint density at radius 3 is 1.65 bits per heavy atom. The lowest BCUT2D eigenvalue weighted by Gasteiger charge is -2.19. The van der Waals surface area contributed by atoms with Gasteiger partial charge in [0.25, 0.3) is 0 Å². The van der Waals surface area contributed by atoms with Crippen molar-refractivity contribution in [2.24, 2.45) is 0 Å². The lowest BCUT2D eigenvalue weighted by molar-refractivity contribution is -0.142. The van der Waals surface area contributed by atoms with E-state index in [0.29, 0.717) is 0 Å². The SMILES string of the molecule is O=C(CO)[C@@H](O)[C@H](O)[C@H](O)CO.O=C(O)c1ccc(C(=O)O)o1. The Balaban J connectivity index is 0.000000422. The third kappa shape index (κ3) is 6.54. The predicted octanol–water partition coefficient (Wildman–Crippen LogP) is -2.70. The number of furan rings is 1. The van der Waals surface area contributed by atoms with E-state index in [1.54, 1.807) is 0 Å². The molecule has 0 fully saturated rings. The first kappa shape index (κ1) is 20.7. The Hall–Kier alpha value is -2.31. The third-order valence-electron chi connectivity index (χ3n) is 2.42. The Morgan fingerprint density at radius 2 is 1.39 bits per heavy atom. The number of hydrogen-bond acceptors (Lipinski definition) is 9. The van der Waals surface area contributed by atoms with E-state index in [2.05, 4.69) is 4.42 Å². The van der Waals surface area contributed by atoms with E-state index in [9.17, 15) is 14.4 Å². The second-order valence-electron chi connectivity index (χ2n) is 4.08. The second-order valence-corrected chi connectivity index (χ2v) is 4.08. The molecule has 0 aromatic carbocycles. The molecule has 0 aliphatic carbocycles. The van der Waals surface area contributed by atoms with Crippen LogP contribution in [0.1, 0.15) is 21.1 Å². The maximum absolute atomic E-state index is 10.5. The topological polar surface area (TPSA) is 206 Å². The summed E-state index contributed by atoms with van der Waals surface area (Å²) in [7, 11) is 0. The van der Waals surface area contributed by atoms with Gasteiger partial charge in [-0.3, -0.25) is 4.79 Å². The van der Waals surface area contributed by atoms with Crippen LogP contribution in [0.2, 0.25) is 0 Å². The summed E-state index contributed by atoms with van der Waals surface area (Å²) in [6.45, 7) is -1.69. The standard InChI is InChI=1S/C6H12O6.C6H4O5/c7-1-3(9)5(11)6(12)4(10)2-8;7-5(8)3-1-2-4(11-3)6(9)10/h3,5-9,11-12H,1-2H2;1-2H,(H,7,8)(H,9,10)/t3-,5-,6-;/m1./s1. The Labute approximate surface area is 128 Å². The van der Waals surface area contributed by atoms with Gasteiger partial charge in [0.05, 0.1) is 6.61 Å². The molecular formula is C12H16O11. The van der Waals surface area contributed by atoms with Gasteiger partial charge in [0.1, 0.15) is 24.9 Å². The van der Waals surface area contributed by atoms with Gasteiger partial charge in [-0.15, -0.1) is 0 Å². The number of carboxylic acid groups (broad SMARTS) is 2.